The number of nitrogens with zero attached hydrogens (tertiary/aromatic N) is 2. The standard InChI is InChI=1S/C11H20N4/c1-15-6-2-10(3-7-15)8-12-9-11-13-4-5-14-11/h4-5,10,12H,2-3,6-9H2,1H3,(H,13,14). The predicted octanol–water partition coefficient (Wildman–Crippen LogP) is 0.841. The third-order valence-corrected chi connectivity index (χ3v) is 3.12. The second-order valence-corrected chi connectivity index (χ2v) is 4.41. The lowest BCUT2D eigenvalue weighted by atomic mass is 9.97. The highest BCUT2D eigenvalue weighted by atomic mass is 15.1. The van der Waals surface area contributed by atoms with Crippen LogP contribution in [0.4, 0.5) is 0 Å². The zero-order valence-corrected chi connectivity index (χ0v) is 9.37. The summed E-state index contributed by atoms with van der Waals surface area (Å²) in [7, 11) is 2.20. The lowest BCUT2D eigenvalue weighted by molar-refractivity contribution is 0.215. The molecular weight excluding hydrogens is 188 g/mol. The summed E-state index contributed by atoms with van der Waals surface area (Å²) in [6.07, 6.45) is 6.31. The van der Waals surface area contributed by atoms with Crippen molar-refractivity contribution >= 4 is 0 Å². The van der Waals surface area contributed by atoms with Crippen LogP contribution < -0.4 is 5.32 Å². The Morgan fingerprint density at radius 1 is 1.53 bits per heavy atom. The molecule has 1 aromatic heterocycles. The highest BCUT2D eigenvalue weighted by Gasteiger charge is 2.15. The number of likely N-dealkylation sites (tertiary alicyclic amines) is 1. The Morgan fingerprint density at radius 2 is 2.33 bits per heavy atom. The van der Waals surface area contributed by atoms with Crippen molar-refractivity contribution in [3.63, 3.8) is 0 Å². The Kier molecular flexibility index (Phi) is 3.75. The first-order valence-corrected chi connectivity index (χ1v) is 5.72. The molecule has 4 heteroatoms. The summed E-state index contributed by atoms with van der Waals surface area (Å²) in [5.41, 5.74) is 0. The van der Waals surface area contributed by atoms with E-state index in [1.807, 2.05) is 6.20 Å². The molecule has 15 heavy (non-hydrogen) atoms. The summed E-state index contributed by atoms with van der Waals surface area (Å²) >= 11 is 0. The number of piperidine rings is 1. The fourth-order valence-corrected chi connectivity index (χ4v) is 2.06. The number of hydrogen-bond acceptors (Lipinski definition) is 3. The van der Waals surface area contributed by atoms with Gasteiger partial charge in [-0.1, -0.05) is 0 Å². The molecule has 1 aliphatic heterocycles. The first kappa shape index (κ1) is 10.6. The van der Waals surface area contributed by atoms with Crippen molar-refractivity contribution in [3.8, 4) is 0 Å². The number of hydrogen-bond donors (Lipinski definition) is 2. The molecule has 0 aliphatic carbocycles. The van der Waals surface area contributed by atoms with E-state index < -0.39 is 0 Å². The SMILES string of the molecule is CN1CCC(CNCc2ncc[nH]2)CC1. The van der Waals surface area contributed by atoms with Gasteiger partial charge in [0.2, 0.25) is 0 Å². The summed E-state index contributed by atoms with van der Waals surface area (Å²) in [5.74, 6) is 1.87. The Morgan fingerprint density at radius 3 is 3.00 bits per heavy atom. The van der Waals surface area contributed by atoms with Crippen LogP contribution in [0.1, 0.15) is 18.7 Å². The molecule has 0 unspecified atom stereocenters. The van der Waals surface area contributed by atoms with E-state index >= 15 is 0 Å². The summed E-state index contributed by atoms with van der Waals surface area (Å²) < 4.78 is 0. The van der Waals surface area contributed by atoms with Crippen LogP contribution in [0.5, 0.6) is 0 Å². The van der Waals surface area contributed by atoms with E-state index in [9.17, 15) is 0 Å². The van der Waals surface area contributed by atoms with E-state index in [1.54, 1.807) is 6.20 Å². The van der Waals surface area contributed by atoms with E-state index in [-0.39, 0.29) is 0 Å². The number of nitrogens with one attached hydrogen (secondary N) is 2. The van der Waals surface area contributed by atoms with Crippen molar-refractivity contribution < 1.29 is 0 Å². The first-order chi connectivity index (χ1) is 7.34. The minimum absolute atomic E-state index is 0.844. The van der Waals surface area contributed by atoms with Crippen molar-refractivity contribution in [3.05, 3.63) is 18.2 Å². The van der Waals surface area contributed by atoms with Crippen LogP contribution in [0.3, 0.4) is 0 Å². The van der Waals surface area contributed by atoms with Crippen LogP contribution in [0, 0.1) is 5.92 Å². The van der Waals surface area contributed by atoms with Crippen molar-refractivity contribution in [1.82, 2.24) is 20.2 Å². The number of rotatable bonds is 4. The van der Waals surface area contributed by atoms with Crippen molar-refractivity contribution in [1.29, 1.82) is 0 Å². The maximum atomic E-state index is 4.18. The van der Waals surface area contributed by atoms with Gasteiger partial charge in [0.1, 0.15) is 5.82 Å². The fourth-order valence-electron chi connectivity index (χ4n) is 2.06. The molecule has 0 amide bonds. The quantitative estimate of drug-likeness (QED) is 0.770. The molecule has 0 atom stereocenters. The monoisotopic (exact) mass is 208 g/mol. The summed E-state index contributed by atoms with van der Waals surface area (Å²) in [6, 6.07) is 0. The minimum Gasteiger partial charge on any atom is -0.348 e. The molecule has 2 rings (SSSR count). The van der Waals surface area contributed by atoms with Gasteiger partial charge in [0.05, 0.1) is 6.54 Å². The van der Waals surface area contributed by atoms with E-state index in [0.29, 0.717) is 0 Å². The van der Waals surface area contributed by atoms with Gasteiger partial charge in [-0.05, 0) is 45.4 Å². The number of aromatic nitrogens is 2. The molecule has 1 saturated heterocycles. The van der Waals surface area contributed by atoms with Crippen LogP contribution in [0.15, 0.2) is 12.4 Å². The Balaban J connectivity index is 1.62. The molecule has 1 aliphatic rings. The van der Waals surface area contributed by atoms with Gasteiger partial charge in [-0.3, -0.25) is 0 Å². The molecule has 84 valence electrons. The molecule has 0 radical (unpaired) electrons. The van der Waals surface area contributed by atoms with Gasteiger partial charge in [0.25, 0.3) is 0 Å². The zero-order chi connectivity index (χ0) is 10.5. The molecule has 1 fully saturated rings. The Bertz CT molecular complexity index is 262. The third-order valence-electron chi connectivity index (χ3n) is 3.12. The molecule has 1 aromatic rings. The van der Waals surface area contributed by atoms with Gasteiger partial charge in [-0.15, -0.1) is 0 Å². The van der Waals surface area contributed by atoms with Gasteiger partial charge in [0.15, 0.2) is 0 Å². The first-order valence-electron chi connectivity index (χ1n) is 5.72. The van der Waals surface area contributed by atoms with Crippen molar-refractivity contribution in [2.75, 3.05) is 26.7 Å². The topological polar surface area (TPSA) is 44.0 Å². The van der Waals surface area contributed by atoms with E-state index in [2.05, 4.69) is 27.2 Å². The summed E-state index contributed by atoms with van der Waals surface area (Å²) in [4.78, 5) is 9.69. The number of H-pyrrole nitrogens is 1. The molecule has 2 N–H and O–H groups in total. The molecular formula is C11H20N4. The van der Waals surface area contributed by atoms with Crippen LogP contribution in [-0.4, -0.2) is 41.5 Å². The van der Waals surface area contributed by atoms with Crippen molar-refractivity contribution in [2.24, 2.45) is 5.92 Å². The predicted molar refractivity (Wildman–Crippen MR) is 60.5 cm³/mol. The maximum Gasteiger partial charge on any atom is 0.120 e. The smallest absolute Gasteiger partial charge is 0.120 e. The molecule has 0 aromatic carbocycles. The normalized spacial score (nSPS) is 19.5. The second-order valence-electron chi connectivity index (χ2n) is 4.41. The summed E-state index contributed by atoms with van der Waals surface area (Å²) in [5, 5.41) is 3.46. The molecule has 0 saturated carbocycles. The van der Waals surface area contributed by atoms with E-state index in [4.69, 9.17) is 0 Å². The van der Waals surface area contributed by atoms with Crippen LogP contribution in [0.25, 0.3) is 0 Å². The lowest BCUT2D eigenvalue weighted by Gasteiger charge is -2.28. The van der Waals surface area contributed by atoms with Crippen LogP contribution in [-0.2, 0) is 6.54 Å². The number of aromatic amines is 1. The Hall–Kier alpha value is -0.870. The van der Waals surface area contributed by atoms with Gasteiger partial charge < -0.3 is 15.2 Å². The van der Waals surface area contributed by atoms with E-state index in [1.165, 1.54) is 25.9 Å². The molecule has 0 spiro atoms. The largest absolute Gasteiger partial charge is 0.348 e. The van der Waals surface area contributed by atoms with Crippen LogP contribution in [0.2, 0.25) is 0 Å². The Labute approximate surface area is 91.1 Å². The average Bonchev–Trinajstić information content (AvgIpc) is 2.74. The highest BCUT2D eigenvalue weighted by molar-refractivity contribution is 4.86. The fraction of sp³-hybridized carbons (Fsp3) is 0.727. The minimum atomic E-state index is 0.844. The van der Waals surface area contributed by atoms with Crippen LogP contribution >= 0.6 is 0 Å². The van der Waals surface area contributed by atoms with Crippen molar-refractivity contribution in [2.45, 2.75) is 19.4 Å². The second kappa shape index (κ2) is 5.28. The average molecular weight is 208 g/mol. The summed E-state index contributed by atoms with van der Waals surface area (Å²) in [6.45, 7) is 4.47. The van der Waals surface area contributed by atoms with Gasteiger partial charge in [-0.25, -0.2) is 4.98 Å². The maximum absolute atomic E-state index is 4.18. The van der Waals surface area contributed by atoms with Gasteiger partial charge in [-0.2, -0.15) is 0 Å². The zero-order valence-electron chi connectivity index (χ0n) is 9.37. The highest BCUT2D eigenvalue weighted by Crippen LogP contribution is 2.14. The molecule has 0 bridgehead atoms. The third kappa shape index (κ3) is 3.32. The molecule has 2 heterocycles. The van der Waals surface area contributed by atoms with E-state index in [0.717, 1.165) is 24.8 Å². The molecule has 4 nitrogen and oxygen atoms in total. The van der Waals surface area contributed by atoms with Gasteiger partial charge >= 0.3 is 0 Å². The number of imidazole rings is 1. The lowest BCUT2D eigenvalue weighted by Crippen LogP contribution is -2.34. The van der Waals surface area contributed by atoms with Gasteiger partial charge in [0, 0.05) is 12.4 Å².